The van der Waals surface area contributed by atoms with Crippen LogP contribution in [0.15, 0.2) is 54.3 Å². The van der Waals surface area contributed by atoms with Gasteiger partial charge in [0.1, 0.15) is 17.3 Å². The van der Waals surface area contributed by atoms with Gasteiger partial charge in [0.05, 0.1) is 16.6 Å². The van der Waals surface area contributed by atoms with E-state index in [-0.39, 0.29) is 0 Å². The molecule has 5 rings (SSSR count). The maximum atomic E-state index is 6.13. The molecule has 0 fully saturated rings. The average Bonchev–Trinajstić information content (AvgIpc) is 2.61. The van der Waals surface area contributed by atoms with E-state index in [2.05, 4.69) is 18.2 Å². The van der Waals surface area contributed by atoms with Crippen molar-refractivity contribution in [3.63, 3.8) is 0 Å². The third kappa shape index (κ3) is 1.91. The number of hydrogen-bond acceptors (Lipinski definition) is 3. The van der Waals surface area contributed by atoms with E-state index in [1.165, 1.54) is 0 Å². The first-order valence-corrected chi connectivity index (χ1v) is 8.47. The summed E-state index contributed by atoms with van der Waals surface area (Å²) in [6, 6.07) is 12.2. The number of rotatable bonds is 1. The summed E-state index contributed by atoms with van der Waals surface area (Å²) in [6.45, 7) is 0. The highest BCUT2D eigenvalue weighted by Crippen LogP contribution is 2.44. The van der Waals surface area contributed by atoms with Gasteiger partial charge in [-0.15, -0.1) is 0 Å². The number of hydrogen-bond donors (Lipinski definition) is 0. The third-order valence-corrected chi connectivity index (χ3v) is 4.94. The van der Waals surface area contributed by atoms with Gasteiger partial charge in [0, 0.05) is 11.0 Å². The quantitative estimate of drug-likeness (QED) is 0.386. The van der Waals surface area contributed by atoms with Crippen molar-refractivity contribution >= 4 is 50.3 Å². The Hall–Kier alpha value is -2.08. The van der Waals surface area contributed by atoms with Gasteiger partial charge in [0.2, 0.25) is 0 Å². The number of ether oxygens (including phenoxy) is 1. The van der Waals surface area contributed by atoms with Crippen LogP contribution in [-0.4, -0.2) is 4.98 Å². The van der Waals surface area contributed by atoms with Gasteiger partial charge < -0.3 is 7.80 Å². The minimum atomic E-state index is 0.829. The monoisotopic (exact) mass is 413 g/mol. The molecule has 2 aromatic carbocycles. The molecular weight excluding hydrogens is 401 g/mol. The van der Waals surface area contributed by atoms with Crippen LogP contribution in [0.2, 0.25) is 0 Å². The zero-order chi connectivity index (χ0) is 15.4. The summed E-state index contributed by atoms with van der Waals surface area (Å²) in [6.07, 6.45) is 6.46. The second kappa shape index (κ2) is 4.96. The first-order valence-electron chi connectivity index (χ1n) is 7.59. The number of allylic oxidation sites excluding steroid dienone is 3. The molecule has 1 aromatic heterocycles. The number of fused-ring (bicyclic) bond motifs is 4. The van der Waals surface area contributed by atoms with Gasteiger partial charge in [-0.1, -0.05) is 18.2 Å². The molecule has 3 nitrogen and oxygen atoms in total. The summed E-state index contributed by atoms with van der Waals surface area (Å²) in [5.41, 5.74) is 3.13. The Balaban J connectivity index is 1.95. The lowest BCUT2D eigenvalue weighted by atomic mass is 9.93. The van der Waals surface area contributed by atoms with Crippen molar-refractivity contribution in [3.05, 3.63) is 60.0 Å². The van der Waals surface area contributed by atoms with Crippen molar-refractivity contribution < 1.29 is 7.80 Å². The van der Waals surface area contributed by atoms with Crippen LogP contribution in [0.4, 0.5) is 0 Å². The molecule has 0 saturated heterocycles. The first kappa shape index (κ1) is 13.4. The van der Waals surface area contributed by atoms with Crippen LogP contribution in [0, 0.1) is 0 Å². The van der Waals surface area contributed by atoms with E-state index in [4.69, 9.17) is 12.8 Å². The van der Waals surface area contributed by atoms with Crippen LogP contribution in [0.1, 0.15) is 18.5 Å². The van der Waals surface area contributed by atoms with E-state index >= 15 is 0 Å². The maximum Gasteiger partial charge on any atom is 0.192 e. The molecule has 1 aliphatic carbocycles. The Labute approximate surface area is 147 Å². The van der Waals surface area contributed by atoms with E-state index in [1.807, 2.05) is 53.3 Å². The van der Waals surface area contributed by atoms with E-state index in [0.717, 1.165) is 63.0 Å². The fraction of sp³-hybridized carbons (Fsp3) is 0.105. The summed E-state index contributed by atoms with van der Waals surface area (Å²) >= 11 is 1.90. The molecular formula is C19H12INO2. The number of benzene rings is 2. The lowest BCUT2D eigenvalue weighted by molar-refractivity contribution is 0.444. The summed E-state index contributed by atoms with van der Waals surface area (Å²) in [7, 11) is 0. The van der Waals surface area contributed by atoms with Crippen molar-refractivity contribution in [1.82, 2.24) is 4.98 Å². The van der Waals surface area contributed by atoms with Crippen LogP contribution in [0.25, 0.3) is 27.2 Å². The van der Waals surface area contributed by atoms with Crippen molar-refractivity contribution in [2.75, 3.05) is 0 Å². The SMILES string of the molecule is IOc1ccc2nc3c4c(cccc4c2c1)OC1=CCCC=C13. The molecule has 2 aliphatic rings. The van der Waals surface area contributed by atoms with Crippen molar-refractivity contribution in [2.45, 2.75) is 12.8 Å². The highest BCUT2D eigenvalue weighted by Gasteiger charge is 2.26. The lowest BCUT2D eigenvalue weighted by Crippen LogP contribution is -2.10. The van der Waals surface area contributed by atoms with Crippen molar-refractivity contribution in [3.8, 4) is 11.5 Å². The van der Waals surface area contributed by atoms with E-state index in [1.54, 1.807) is 0 Å². The summed E-state index contributed by atoms with van der Waals surface area (Å²) in [5, 5.41) is 3.34. The lowest BCUT2D eigenvalue weighted by Gasteiger charge is -2.25. The Morgan fingerprint density at radius 2 is 1.96 bits per heavy atom. The number of aromatic nitrogens is 1. The molecule has 3 aromatic rings. The molecule has 0 unspecified atom stereocenters. The Morgan fingerprint density at radius 3 is 2.87 bits per heavy atom. The molecule has 0 saturated carbocycles. The second-order valence-electron chi connectivity index (χ2n) is 5.76. The van der Waals surface area contributed by atoms with Crippen molar-refractivity contribution in [1.29, 1.82) is 0 Å². The molecule has 2 heterocycles. The van der Waals surface area contributed by atoms with Gasteiger partial charge in [-0.3, -0.25) is 0 Å². The van der Waals surface area contributed by atoms with Crippen LogP contribution < -0.4 is 7.80 Å². The van der Waals surface area contributed by atoms with E-state index in [0.29, 0.717) is 0 Å². The Morgan fingerprint density at radius 1 is 1.04 bits per heavy atom. The molecule has 1 aliphatic heterocycles. The molecule has 0 atom stereocenters. The largest absolute Gasteiger partial charge is 0.456 e. The summed E-state index contributed by atoms with van der Waals surface area (Å²) in [4.78, 5) is 4.95. The fourth-order valence-corrected chi connectivity index (χ4v) is 3.69. The topological polar surface area (TPSA) is 31.4 Å². The normalized spacial score (nSPS) is 15.7. The molecule has 0 bridgehead atoms. The van der Waals surface area contributed by atoms with Crippen LogP contribution >= 0.6 is 23.0 Å². The molecule has 4 heteroatoms. The highest BCUT2D eigenvalue weighted by atomic mass is 127. The summed E-state index contributed by atoms with van der Waals surface area (Å²) < 4.78 is 11.5. The number of halogens is 1. The molecule has 0 amide bonds. The number of pyridine rings is 1. The predicted octanol–water partition coefficient (Wildman–Crippen LogP) is 5.57. The molecule has 23 heavy (non-hydrogen) atoms. The summed E-state index contributed by atoms with van der Waals surface area (Å²) in [5.74, 6) is 2.66. The number of nitrogens with zero attached hydrogens (tertiary/aromatic N) is 1. The van der Waals surface area contributed by atoms with Gasteiger partial charge in [-0.2, -0.15) is 0 Å². The zero-order valence-electron chi connectivity index (χ0n) is 12.2. The molecule has 0 N–H and O–H groups in total. The minimum Gasteiger partial charge on any atom is -0.456 e. The van der Waals surface area contributed by atoms with Gasteiger partial charge in [-0.05, 0) is 48.6 Å². The van der Waals surface area contributed by atoms with Gasteiger partial charge in [0.25, 0.3) is 0 Å². The second-order valence-corrected chi connectivity index (χ2v) is 6.20. The predicted molar refractivity (Wildman–Crippen MR) is 99.8 cm³/mol. The van der Waals surface area contributed by atoms with Gasteiger partial charge in [0.15, 0.2) is 23.0 Å². The smallest absolute Gasteiger partial charge is 0.192 e. The highest BCUT2D eigenvalue weighted by molar-refractivity contribution is 14.1. The van der Waals surface area contributed by atoms with Crippen LogP contribution in [0.3, 0.4) is 0 Å². The van der Waals surface area contributed by atoms with E-state index in [9.17, 15) is 0 Å². The molecule has 0 radical (unpaired) electrons. The first-order chi connectivity index (χ1) is 11.3. The minimum absolute atomic E-state index is 0.829. The average molecular weight is 413 g/mol. The molecule has 112 valence electrons. The Kier molecular flexibility index (Phi) is 2.88. The van der Waals surface area contributed by atoms with Crippen molar-refractivity contribution in [2.24, 2.45) is 0 Å². The maximum absolute atomic E-state index is 6.13. The molecule has 0 spiro atoms. The Bertz CT molecular complexity index is 1040. The van der Waals surface area contributed by atoms with Crippen LogP contribution in [-0.2, 0) is 0 Å². The fourth-order valence-electron chi connectivity index (χ4n) is 3.41. The van der Waals surface area contributed by atoms with Crippen LogP contribution in [0.5, 0.6) is 11.5 Å². The zero-order valence-corrected chi connectivity index (χ0v) is 14.3. The van der Waals surface area contributed by atoms with E-state index < -0.39 is 0 Å². The standard InChI is InChI=1S/C19H12INO2/c20-23-11-8-9-15-14(10-11)12-5-3-7-17-18(12)19(21-15)13-4-1-2-6-16(13)22-17/h3-10H,1-2H2. The van der Waals surface area contributed by atoms with Gasteiger partial charge in [-0.25, -0.2) is 4.98 Å². The third-order valence-electron chi connectivity index (χ3n) is 4.43. The van der Waals surface area contributed by atoms with Gasteiger partial charge >= 0.3 is 0 Å².